The highest BCUT2D eigenvalue weighted by atomic mass is 32.1. The van der Waals surface area contributed by atoms with Crippen molar-refractivity contribution in [3.63, 3.8) is 0 Å². The van der Waals surface area contributed by atoms with Crippen LogP contribution in [0.15, 0.2) is 0 Å². The minimum atomic E-state index is 0.441. The van der Waals surface area contributed by atoms with Crippen molar-refractivity contribution in [2.24, 2.45) is 0 Å². The maximum Gasteiger partial charge on any atom is 0.185 e. The Kier molecular flexibility index (Phi) is 7.30. The summed E-state index contributed by atoms with van der Waals surface area (Å²) >= 11 is 1.73. The van der Waals surface area contributed by atoms with Crippen LogP contribution in [0.4, 0.5) is 5.13 Å². The fourth-order valence-electron chi connectivity index (χ4n) is 1.51. The van der Waals surface area contributed by atoms with Crippen LogP contribution in [-0.2, 0) is 22.6 Å². The normalized spacial score (nSPS) is 11.3. The maximum atomic E-state index is 5.22. The second kappa shape index (κ2) is 8.47. The minimum absolute atomic E-state index is 0.441. The molecule has 1 aromatic heterocycles. The Balaban J connectivity index is 2.71. The summed E-state index contributed by atoms with van der Waals surface area (Å²) in [7, 11) is 5.48. The summed E-state index contributed by atoms with van der Waals surface area (Å²) in [6, 6.07) is 0.441. The van der Waals surface area contributed by atoms with Crippen LogP contribution in [0.25, 0.3) is 0 Å². The van der Waals surface area contributed by atoms with Crippen molar-refractivity contribution >= 4 is 16.5 Å². The van der Waals surface area contributed by atoms with Gasteiger partial charge in [-0.3, -0.25) is 0 Å². The molecule has 1 N–H and O–H groups in total. The zero-order valence-electron chi connectivity index (χ0n) is 12.5. The summed E-state index contributed by atoms with van der Waals surface area (Å²) in [5, 5.41) is 4.40. The lowest BCUT2D eigenvalue weighted by molar-refractivity contribution is 0.181. The molecule has 1 aromatic rings. The van der Waals surface area contributed by atoms with Gasteiger partial charge in [-0.2, -0.15) is 0 Å². The molecule has 19 heavy (non-hydrogen) atoms. The number of hydrogen-bond donors (Lipinski definition) is 1. The van der Waals surface area contributed by atoms with Gasteiger partial charge in [0, 0.05) is 45.3 Å². The Morgan fingerprint density at radius 1 is 1.32 bits per heavy atom. The standard InChI is InChI=1S/C13H25N3O2S/c1-10(2)16(3)13-15-11(9-18-5)12(19-13)8-14-6-7-17-4/h10,14H,6-9H2,1-5H3. The predicted molar refractivity (Wildman–Crippen MR) is 79.9 cm³/mol. The van der Waals surface area contributed by atoms with E-state index >= 15 is 0 Å². The summed E-state index contributed by atoms with van der Waals surface area (Å²) in [5.74, 6) is 0. The highest BCUT2D eigenvalue weighted by Crippen LogP contribution is 2.27. The summed E-state index contributed by atoms with van der Waals surface area (Å²) in [6.07, 6.45) is 0. The zero-order valence-corrected chi connectivity index (χ0v) is 13.3. The molecule has 0 aliphatic heterocycles. The first-order valence-corrected chi connectivity index (χ1v) is 7.31. The first kappa shape index (κ1) is 16.4. The smallest absolute Gasteiger partial charge is 0.185 e. The number of anilines is 1. The number of nitrogens with zero attached hydrogens (tertiary/aromatic N) is 2. The van der Waals surface area contributed by atoms with E-state index in [4.69, 9.17) is 9.47 Å². The molecule has 0 spiro atoms. The van der Waals surface area contributed by atoms with E-state index in [1.54, 1.807) is 25.6 Å². The van der Waals surface area contributed by atoms with Crippen molar-refractivity contribution in [1.82, 2.24) is 10.3 Å². The Bertz CT molecular complexity index is 369. The van der Waals surface area contributed by atoms with Gasteiger partial charge in [-0.25, -0.2) is 4.98 Å². The fourth-order valence-corrected chi connectivity index (χ4v) is 2.63. The third-order valence-electron chi connectivity index (χ3n) is 2.89. The molecule has 0 radical (unpaired) electrons. The highest BCUT2D eigenvalue weighted by Gasteiger charge is 2.15. The molecular formula is C13H25N3O2S. The molecule has 0 aliphatic carbocycles. The zero-order chi connectivity index (χ0) is 14.3. The maximum absolute atomic E-state index is 5.22. The molecule has 1 heterocycles. The Hall–Kier alpha value is -0.690. The fraction of sp³-hybridized carbons (Fsp3) is 0.769. The van der Waals surface area contributed by atoms with Crippen molar-refractivity contribution < 1.29 is 9.47 Å². The van der Waals surface area contributed by atoms with Gasteiger partial charge >= 0.3 is 0 Å². The van der Waals surface area contributed by atoms with E-state index in [2.05, 4.69) is 36.1 Å². The van der Waals surface area contributed by atoms with Crippen molar-refractivity contribution in [2.45, 2.75) is 33.0 Å². The van der Waals surface area contributed by atoms with Gasteiger partial charge in [0.1, 0.15) is 0 Å². The van der Waals surface area contributed by atoms with E-state index in [0.29, 0.717) is 12.6 Å². The lowest BCUT2D eigenvalue weighted by Crippen LogP contribution is -2.25. The number of aromatic nitrogens is 1. The van der Waals surface area contributed by atoms with Crippen LogP contribution in [0.2, 0.25) is 0 Å². The monoisotopic (exact) mass is 287 g/mol. The van der Waals surface area contributed by atoms with Gasteiger partial charge in [0.15, 0.2) is 5.13 Å². The Morgan fingerprint density at radius 3 is 2.63 bits per heavy atom. The van der Waals surface area contributed by atoms with Gasteiger partial charge in [-0.05, 0) is 13.8 Å². The Morgan fingerprint density at radius 2 is 2.05 bits per heavy atom. The quantitative estimate of drug-likeness (QED) is 0.703. The second-order valence-electron chi connectivity index (χ2n) is 4.67. The first-order chi connectivity index (χ1) is 9.10. The number of nitrogens with one attached hydrogen (secondary N) is 1. The molecule has 0 saturated carbocycles. The number of rotatable bonds is 9. The van der Waals surface area contributed by atoms with Crippen LogP contribution in [0.3, 0.4) is 0 Å². The van der Waals surface area contributed by atoms with E-state index in [1.807, 2.05) is 0 Å². The molecule has 0 aromatic carbocycles. The molecule has 0 fully saturated rings. The summed E-state index contributed by atoms with van der Waals surface area (Å²) < 4.78 is 10.2. The van der Waals surface area contributed by atoms with Crippen LogP contribution < -0.4 is 10.2 Å². The van der Waals surface area contributed by atoms with Crippen molar-refractivity contribution in [1.29, 1.82) is 0 Å². The number of methoxy groups -OCH3 is 2. The molecule has 0 atom stereocenters. The van der Waals surface area contributed by atoms with Gasteiger partial charge in [0.2, 0.25) is 0 Å². The molecule has 0 unspecified atom stereocenters. The van der Waals surface area contributed by atoms with E-state index in [9.17, 15) is 0 Å². The molecule has 0 saturated heterocycles. The lowest BCUT2D eigenvalue weighted by atomic mass is 10.3. The topological polar surface area (TPSA) is 46.6 Å². The molecule has 0 bridgehead atoms. The van der Waals surface area contributed by atoms with Gasteiger partial charge in [0.25, 0.3) is 0 Å². The van der Waals surface area contributed by atoms with Crippen molar-refractivity contribution in [2.75, 3.05) is 39.3 Å². The molecule has 0 amide bonds. The van der Waals surface area contributed by atoms with Crippen LogP contribution in [0.5, 0.6) is 0 Å². The van der Waals surface area contributed by atoms with E-state index in [0.717, 1.165) is 30.5 Å². The SMILES string of the molecule is COCCNCc1sc(N(C)C(C)C)nc1COC. The third kappa shape index (κ3) is 5.06. The third-order valence-corrected chi connectivity index (χ3v) is 4.08. The molecule has 5 nitrogen and oxygen atoms in total. The predicted octanol–water partition coefficient (Wildman–Crippen LogP) is 1.87. The van der Waals surface area contributed by atoms with Gasteiger partial charge < -0.3 is 19.7 Å². The number of hydrogen-bond acceptors (Lipinski definition) is 6. The van der Waals surface area contributed by atoms with Crippen molar-refractivity contribution in [3.8, 4) is 0 Å². The Labute approximate surface area is 119 Å². The van der Waals surface area contributed by atoms with Gasteiger partial charge in [-0.1, -0.05) is 0 Å². The summed E-state index contributed by atoms with van der Waals surface area (Å²) in [4.78, 5) is 8.09. The first-order valence-electron chi connectivity index (χ1n) is 6.50. The van der Waals surface area contributed by atoms with Gasteiger partial charge in [-0.15, -0.1) is 11.3 Å². The molecule has 0 aliphatic rings. The largest absolute Gasteiger partial charge is 0.383 e. The second-order valence-corrected chi connectivity index (χ2v) is 5.74. The number of thiazole rings is 1. The summed E-state index contributed by atoms with van der Waals surface area (Å²) in [5.41, 5.74) is 1.03. The van der Waals surface area contributed by atoms with Crippen LogP contribution in [0.1, 0.15) is 24.4 Å². The average molecular weight is 287 g/mol. The van der Waals surface area contributed by atoms with Crippen LogP contribution in [-0.4, -0.2) is 45.4 Å². The molecule has 1 rings (SSSR count). The van der Waals surface area contributed by atoms with Gasteiger partial charge in [0.05, 0.1) is 18.9 Å². The molecule has 110 valence electrons. The lowest BCUT2D eigenvalue weighted by Gasteiger charge is -2.19. The van der Waals surface area contributed by atoms with E-state index < -0.39 is 0 Å². The van der Waals surface area contributed by atoms with Crippen LogP contribution in [0, 0.1) is 0 Å². The molecular weight excluding hydrogens is 262 g/mol. The number of ether oxygens (including phenoxy) is 2. The van der Waals surface area contributed by atoms with Crippen molar-refractivity contribution in [3.05, 3.63) is 10.6 Å². The minimum Gasteiger partial charge on any atom is -0.383 e. The van der Waals surface area contributed by atoms with E-state index in [1.165, 1.54) is 4.88 Å². The van der Waals surface area contributed by atoms with Crippen LogP contribution >= 0.6 is 11.3 Å². The van der Waals surface area contributed by atoms with E-state index in [-0.39, 0.29) is 0 Å². The average Bonchev–Trinajstić information content (AvgIpc) is 2.77. The summed E-state index contributed by atoms with van der Waals surface area (Å²) in [6.45, 7) is 7.25. The molecule has 6 heteroatoms. The highest BCUT2D eigenvalue weighted by molar-refractivity contribution is 7.15.